The average Bonchev–Trinajstić information content (AvgIpc) is 2.79. The van der Waals surface area contributed by atoms with E-state index in [-0.39, 0.29) is 5.92 Å². The minimum Gasteiger partial charge on any atom is -0.339 e. The molecule has 5 nitrogen and oxygen atoms in total. The summed E-state index contributed by atoms with van der Waals surface area (Å²) in [7, 11) is 0. The Morgan fingerprint density at radius 3 is 2.78 bits per heavy atom. The van der Waals surface area contributed by atoms with Gasteiger partial charge >= 0.3 is 0 Å². The quantitative estimate of drug-likeness (QED) is 0.939. The molecule has 96 valence electrons. The van der Waals surface area contributed by atoms with Crippen LogP contribution in [0.1, 0.15) is 25.7 Å². The summed E-state index contributed by atoms with van der Waals surface area (Å²) in [5.74, 6) is 1.58. The first-order valence-electron chi connectivity index (χ1n) is 5.76. The number of hydrogen-bond acceptors (Lipinski definition) is 5. The van der Waals surface area contributed by atoms with Crippen LogP contribution in [0.15, 0.2) is 27.5 Å². The second kappa shape index (κ2) is 5.58. The highest BCUT2D eigenvalue weighted by atomic mass is 79.9. The number of aromatic nitrogens is 3. The van der Waals surface area contributed by atoms with E-state index in [0.717, 1.165) is 10.0 Å². The van der Waals surface area contributed by atoms with E-state index >= 15 is 0 Å². The van der Waals surface area contributed by atoms with Crippen molar-refractivity contribution in [2.24, 2.45) is 11.7 Å². The maximum absolute atomic E-state index is 5.73. The van der Waals surface area contributed by atoms with Gasteiger partial charge in [0, 0.05) is 29.0 Å². The topological polar surface area (TPSA) is 77.8 Å². The maximum Gasteiger partial charge on any atom is 0.231 e. The molecular formula is C12H15BrN4O. The number of rotatable bonds is 4. The van der Waals surface area contributed by atoms with Gasteiger partial charge in [-0.25, -0.2) is 0 Å². The predicted molar refractivity (Wildman–Crippen MR) is 71.9 cm³/mol. The maximum atomic E-state index is 5.73. The summed E-state index contributed by atoms with van der Waals surface area (Å²) < 4.78 is 6.17. The molecule has 0 saturated heterocycles. The van der Waals surface area contributed by atoms with E-state index in [4.69, 9.17) is 10.3 Å². The summed E-state index contributed by atoms with van der Waals surface area (Å²) in [4.78, 5) is 8.47. The van der Waals surface area contributed by atoms with Gasteiger partial charge in [-0.3, -0.25) is 4.98 Å². The van der Waals surface area contributed by atoms with Gasteiger partial charge in [0.1, 0.15) is 0 Å². The Morgan fingerprint density at radius 1 is 1.39 bits per heavy atom. The third-order valence-corrected chi connectivity index (χ3v) is 3.21. The van der Waals surface area contributed by atoms with Crippen molar-refractivity contribution in [2.45, 2.75) is 19.8 Å². The molecule has 0 aliphatic carbocycles. The van der Waals surface area contributed by atoms with E-state index in [0.29, 0.717) is 24.2 Å². The highest BCUT2D eigenvalue weighted by molar-refractivity contribution is 9.10. The van der Waals surface area contributed by atoms with Crippen molar-refractivity contribution in [1.82, 2.24) is 15.1 Å². The monoisotopic (exact) mass is 310 g/mol. The summed E-state index contributed by atoms with van der Waals surface area (Å²) in [5.41, 5.74) is 6.55. The van der Waals surface area contributed by atoms with Gasteiger partial charge in [0.2, 0.25) is 11.7 Å². The molecule has 2 N–H and O–H groups in total. The van der Waals surface area contributed by atoms with Crippen LogP contribution in [0.4, 0.5) is 0 Å². The Morgan fingerprint density at radius 2 is 2.17 bits per heavy atom. The minimum absolute atomic E-state index is 0.0892. The van der Waals surface area contributed by atoms with Gasteiger partial charge in [-0.1, -0.05) is 19.0 Å². The van der Waals surface area contributed by atoms with E-state index in [2.05, 4.69) is 44.9 Å². The summed E-state index contributed by atoms with van der Waals surface area (Å²) >= 11 is 3.36. The summed E-state index contributed by atoms with van der Waals surface area (Å²) in [5, 5.41) is 3.98. The third-order valence-electron chi connectivity index (χ3n) is 2.78. The normalized spacial score (nSPS) is 12.9. The van der Waals surface area contributed by atoms with Crippen molar-refractivity contribution in [3.05, 3.63) is 28.8 Å². The second-order valence-electron chi connectivity index (χ2n) is 4.43. The smallest absolute Gasteiger partial charge is 0.231 e. The lowest BCUT2D eigenvalue weighted by atomic mass is 9.96. The Balaban J connectivity index is 2.30. The van der Waals surface area contributed by atoms with Crippen LogP contribution in [-0.4, -0.2) is 21.7 Å². The Bertz CT molecular complexity index is 526. The zero-order valence-corrected chi connectivity index (χ0v) is 11.9. The molecule has 0 radical (unpaired) electrons. The molecule has 0 bridgehead atoms. The lowest BCUT2D eigenvalue weighted by Crippen LogP contribution is -2.18. The molecule has 0 aliphatic rings. The Hall–Kier alpha value is -1.27. The number of pyridine rings is 1. The fraction of sp³-hybridized carbons (Fsp3) is 0.417. The van der Waals surface area contributed by atoms with Crippen molar-refractivity contribution in [1.29, 1.82) is 0 Å². The fourth-order valence-electron chi connectivity index (χ4n) is 1.70. The fourth-order valence-corrected chi connectivity index (χ4v) is 2.06. The Labute approximate surface area is 114 Å². The molecule has 0 aromatic carbocycles. The molecule has 0 aliphatic heterocycles. The minimum atomic E-state index is 0.0892. The first-order chi connectivity index (χ1) is 8.61. The average molecular weight is 311 g/mol. The van der Waals surface area contributed by atoms with Gasteiger partial charge in [-0.2, -0.15) is 4.98 Å². The summed E-state index contributed by atoms with van der Waals surface area (Å²) in [6.45, 7) is 4.67. The first kappa shape index (κ1) is 13.2. The molecule has 2 heterocycles. The Kier molecular flexibility index (Phi) is 4.08. The molecule has 0 saturated carbocycles. The SMILES string of the molecule is CC(C)C(CN)c1nc(-c2cncc(Br)c2)no1. The number of halogens is 1. The molecule has 1 unspecified atom stereocenters. The molecule has 0 fully saturated rings. The molecule has 2 rings (SSSR count). The summed E-state index contributed by atoms with van der Waals surface area (Å²) in [6.07, 6.45) is 3.41. The van der Waals surface area contributed by atoms with Crippen LogP contribution in [0, 0.1) is 5.92 Å². The van der Waals surface area contributed by atoms with Crippen molar-refractivity contribution in [2.75, 3.05) is 6.54 Å². The second-order valence-corrected chi connectivity index (χ2v) is 5.35. The molecule has 1 atom stereocenters. The van der Waals surface area contributed by atoms with Gasteiger partial charge in [0.25, 0.3) is 0 Å². The van der Waals surface area contributed by atoms with Crippen LogP contribution in [0.25, 0.3) is 11.4 Å². The van der Waals surface area contributed by atoms with Gasteiger partial charge in [-0.05, 0) is 27.9 Å². The zero-order valence-electron chi connectivity index (χ0n) is 10.3. The van der Waals surface area contributed by atoms with E-state index in [1.54, 1.807) is 12.4 Å². The highest BCUT2D eigenvalue weighted by Gasteiger charge is 2.21. The van der Waals surface area contributed by atoms with Gasteiger partial charge in [0.15, 0.2) is 0 Å². The lowest BCUT2D eigenvalue weighted by molar-refractivity contribution is 0.324. The van der Waals surface area contributed by atoms with Gasteiger partial charge in [-0.15, -0.1) is 0 Å². The van der Waals surface area contributed by atoms with Crippen LogP contribution in [-0.2, 0) is 0 Å². The van der Waals surface area contributed by atoms with Gasteiger partial charge < -0.3 is 10.3 Å². The van der Waals surface area contributed by atoms with Crippen LogP contribution in [0.2, 0.25) is 0 Å². The van der Waals surface area contributed by atoms with E-state index in [1.165, 1.54) is 0 Å². The van der Waals surface area contributed by atoms with Crippen molar-refractivity contribution in [3.8, 4) is 11.4 Å². The third kappa shape index (κ3) is 2.76. The molecule has 18 heavy (non-hydrogen) atoms. The van der Waals surface area contributed by atoms with E-state index in [1.807, 2.05) is 6.07 Å². The summed E-state index contributed by atoms with van der Waals surface area (Å²) in [6, 6.07) is 1.90. The van der Waals surface area contributed by atoms with Crippen LogP contribution >= 0.6 is 15.9 Å². The van der Waals surface area contributed by atoms with E-state index in [9.17, 15) is 0 Å². The molecule has 0 amide bonds. The van der Waals surface area contributed by atoms with Crippen molar-refractivity contribution in [3.63, 3.8) is 0 Å². The number of hydrogen-bond donors (Lipinski definition) is 1. The van der Waals surface area contributed by atoms with Crippen molar-refractivity contribution < 1.29 is 4.52 Å². The van der Waals surface area contributed by atoms with Crippen LogP contribution < -0.4 is 5.73 Å². The van der Waals surface area contributed by atoms with Gasteiger partial charge in [0.05, 0.1) is 5.92 Å². The van der Waals surface area contributed by atoms with Crippen LogP contribution in [0.5, 0.6) is 0 Å². The number of nitrogens with zero attached hydrogens (tertiary/aromatic N) is 3. The van der Waals surface area contributed by atoms with E-state index < -0.39 is 0 Å². The largest absolute Gasteiger partial charge is 0.339 e. The lowest BCUT2D eigenvalue weighted by Gasteiger charge is -2.13. The molecule has 0 spiro atoms. The zero-order chi connectivity index (χ0) is 13.1. The van der Waals surface area contributed by atoms with Crippen molar-refractivity contribution >= 4 is 15.9 Å². The highest BCUT2D eigenvalue weighted by Crippen LogP contribution is 2.25. The first-order valence-corrected chi connectivity index (χ1v) is 6.55. The molecule has 6 heteroatoms. The standard InChI is InChI=1S/C12H15BrN4O/c1-7(2)10(4-14)12-16-11(17-18-12)8-3-9(13)6-15-5-8/h3,5-7,10H,4,14H2,1-2H3. The van der Waals surface area contributed by atoms with Crippen LogP contribution in [0.3, 0.4) is 0 Å². The number of nitrogens with two attached hydrogens (primary N) is 1. The predicted octanol–water partition coefficient (Wildman–Crippen LogP) is 2.59. The molecule has 2 aromatic heterocycles. The molecular weight excluding hydrogens is 296 g/mol. The molecule has 2 aromatic rings.